The second-order valence-electron chi connectivity index (χ2n) is 4.26. The molecule has 0 radical (unpaired) electrons. The average molecular weight is 265 g/mol. The van der Waals surface area contributed by atoms with Crippen LogP contribution in [0.1, 0.15) is 25.8 Å². The summed E-state index contributed by atoms with van der Waals surface area (Å²) in [6.07, 6.45) is 4.71. The first kappa shape index (κ1) is 15.4. The number of aromatic nitrogens is 2. The van der Waals surface area contributed by atoms with Gasteiger partial charge in [-0.15, -0.1) is 0 Å². The number of rotatable bonds is 8. The molecule has 19 heavy (non-hydrogen) atoms. The van der Waals surface area contributed by atoms with E-state index in [-0.39, 0.29) is 12.5 Å². The molecule has 0 saturated heterocycles. The molecule has 1 aromatic rings. The number of hydrogen-bond acceptors (Lipinski definition) is 5. The van der Waals surface area contributed by atoms with Crippen LogP contribution in [0.3, 0.4) is 0 Å². The Kier molecular flexibility index (Phi) is 6.81. The maximum Gasteiger partial charge on any atom is 0.239 e. The highest BCUT2D eigenvalue weighted by molar-refractivity contribution is 5.80. The molecule has 0 bridgehead atoms. The van der Waals surface area contributed by atoms with Crippen LogP contribution in [0.5, 0.6) is 0 Å². The Morgan fingerprint density at radius 2 is 2.00 bits per heavy atom. The molecule has 1 heterocycles. The van der Waals surface area contributed by atoms with Gasteiger partial charge in [-0.3, -0.25) is 4.79 Å². The molecule has 106 valence electrons. The average Bonchev–Trinajstić information content (AvgIpc) is 2.45. The molecule has 6 nitrogen and oxygen atoms in total. The molecule has 1 amide bonds. The van der Waals surface area contributed by atoms with Crippen molar-refractivity contribution < 1.29 is 4.79 Å². The summed E-state index contributed by atoms with van der Waals surface area (Å²) in [5.41, 5.74) is 1.05. The summed E-state index contributed by atoms with van der Waals surface area (Å²) in [5.74, 6) is 0.546. The van der Waals surface area contributed by atoms with Gasteiger partial charge < -0.3 is 15.5 Å². The third-order valence-corrected chi connectivity index (χ3v) is 2.73. The predicted octanol–water partition coefficient (Wildman–Crippen LogP) is 0.549. The lowest BCUT2D eigenvalue weighted by atomic mass is 10.3. The van der Waals surface area contributed by atoms with Crippen molar-refractivity contribution in [2.75, 3.05) is 31.6 Å². The maximum absolute atomic E-state index is 11.4. The molecule has 2 N–H and O–H groups in total. The Morgan fingerprint density at radius 1 is 1.32 bits per heavy atom. The summed E-state index contributed by atoms with van der Waals surface area (Å²) in [6, 6.07) is 0. The van der Waals surface area contributed by atoms with E-state index in [1.807, 2.05) is 11.8 Å². The van der Waals surface area contributed by atoms with E-state index in [9.17, 15) is 4.79 Å². The van der Waals surface area contributed by atoms with Crippen molar-refractivity contribution in [3.05, 3.63) is 18.0 Å². The van der Waals surface area contributed by atoms with E-state index >= 15 is 0 Å². The highest BCUT2D eigenvalue weighted by Gasteiger charge is 2.11. The molecule has 6 heteroatoms. The monoisotopic (exact) mass is 265 g/mol. The summed E-state index contributed by atoms with van der Waals surface area (Å²) in [6.45, 7) is 6.84. The van der Waals surface area contributed by atoms with E-state index in [1.165, 1.54) is 0 Å². The van der Waals surface area contributed by atoms with Crippen LogP contribution in [-0.4, -0.2) is 42.6 Å². The van der Waals surface area contributed by atoms with Gasteiger partial charge in [-0.25, -0.2) is 9.97 Å². The van der Waals surface area contributed by atoms with Crippen molar-refractivity contribution in [1.29, 1.82) is 0 Å². The minimum Gasteiger partial charge on any atom is -0.358 e. The fraction of sp³-hybridized carbons (Fsp3) is 0.615. The number of amides is 1. The van der Waals surface area contributed by atoms with E-state index in [1.54, 1.807) is 19.4 Å². The summed E-state index contributed by atoms with van der Waals surface area (Å²) in [5, 5.41) is 5.90. The number of anilines is 1. The fourth-order valence-electron chi connectivity index (χ4n) is 1.59. The minimum absolute atomic E-state index is 0.0425. The molecule has 1 aromatic heterocycles. The normalized spacial score (nSPS) is 10.3. The molecule has 0 fully saturated rings. The van der Waals surface area contributed by atoms with Crippen LogP contribution in [0.4, 0.5) is 5.95 Å². The number of nitrogens with one attached hydrogen (secondary N) is 2. The van der Waals surface area contributed by atoms with E-state index < -0.39 is 0 Å². The fourth-order valence-corrected chi connectivity index (χ4v) is 1.59. The predicted molar refractivity (Wildman–Crippen MR) is 76.0 cm³/mol. The molecular weight excluding hydrogens is 242 g/mol. The van der Waals surface area contributed by atoms with Gasteiger partial charge in [0, 0.05) is 38.1 Å². The number of carbonyl (C=O) groups excluding carboxylic acids is 1. The summed E-state index contributed by atoms with van der Waals surface area (Å²) in [7, 11) is 1.62. The van der Waals surface area contributed by atoms with Crippen LogP contribution < -0.4 is 15.5 Å². The smallest absolute Gasteiger partial charge is 0.239 e. The zero-order valence-electron chi connectivity index (χ0n) is 11.9. The number of likely N-dealkylation sites (N-methyl/N-ethyl adjacent to an activating group) is 2. The second kappa shape index (κ2) is 8.42. The van der Waals surface area contributed by atoms with Gasteiger partial charge in [0.25, 0.3) is 0 Å². The van der Waals surface area contributed by atoms with E-state index in [2.05, 4.69) is 27.5 Å². The zero-order valence-corrected chi connectivity index (χ0v) is 11.9. The summed E-state index contributed by atoms with van der Waals surface area (Å²) in [4.78, 5) is 21.8. The highest BCUT2D eigenvalue weighted by Crippen LogP contribution is 2.06. The molecule has 0 aliphatic heterocycles. The lowest BCUT2D eigenvalue weighted by Crippen LogP contribution is -2.36. The van der Waals surface area contributed by atoms with Crippen molar-refractivity contribution in [2.24, 2.45) is 0 Å². The van der Waals surface area contributed by atoms with Crippen molar-refractivity contribution in [3.63, 3.8) is 0 Å². The standard InChI is InChI=1S/C13H23N5O/c1-4-6-15-7-11-8-16-13(17-9-11)18(5-2)10-12(19)14-3/h8-9,15H,4-7,10H2,1-3H3,(H,14,19). The van der Waals surface area contributed by atoms with Crippen molar-refractivity contribution in [3.8, 4) is 0 Å². The van der Waals surface area contributed by atoms with Gasteiger partial charge in [0.2, 0.25) is 11.9 Å². The molecule has 0 unspecified atom stereocenters. The topological polar surface area (TPSA) is 70.2 Å². The third kappa shape index (κ3) is 5.21. The zero-order chi connectivity index (χ0) is 14.1. The lowest BCUT2D eigenvalue weighted by Gasteiger charge is -2.19. The molecule has 0 aliphatic rings. The quantitative estimate of drug-likeness (QED) is 0.672. The Labute approximate surface area is 114 Å². The first-order valence-corrected chi connectivity index (χ1v) is 6.68. The first-order chi connectivity index (χ1) is 9.21. The highest BCUT2D eigenvalue weighted by atomic mass is 16.1. The van der Waals surface area contributed by atoms with Crippen LogP contribution in [0.25, 0.3) is 0 Å². The van der Waals surface area contributed by atoms with Gasteiger partial charge in [-0.1, -0.05) is 6.92 Å². The maximum atomic E-state index is 11.4. The first-order valence-electron chi connectivity index (χ1n) is 6.68. The van der Waals surface area contributed by atoms with E-state index in [0.717, 1.165) is 25.1 Å². The summed E-state index contributed by atoms with van der Waals surface area (Å²) < 4.78 is 0. The molecule has 0 aromatic carbocycles. The Hall–Kier alpha value is -1.69. The Morgan fingerprint density at radius 3 is 2.53 bits per heavy atom. The van der Waals surface area contributed by atoms with E-state index in [0.29, 0.717) is 12.5 Å². The Bertz CT molecular complexity index is 379. The third-order valence-electron chi connectivity index (χ3n) is 2.73. The summed E-state index contributed by atoms with van der Waals surface area (Å²) >= 11 is 0. The molecule has 0 spiro atoms. The molecule has 1 rings (SSSR count). The van der Waals surface area contributed by atoms with Crippen LogP contribution >= 0.6 is 0 Å². The molecule has 0 atom stereocenters. The van der Waals surface area contributed by atoms with Gasteiger partial charge in [-0.05, 0) is 19.9 Å². The molecule has 0 saturated carbocycles. The van der Waals surface area contributed by atoms with Crippen molar-refractivity contribution >= 4 is 11.9 Å². The van der Waals surface area contributed by atoms with Gasteiger partial charge in [0.05, 0.1) is 6.54 Å². The Balaban J connectivity index is 2.59. The van der Waals surface area contributed by atoms with Crippen molar-refractivity contribution in [1.82, 2.24) is 20.6 Å². The largest absolute Gasteiger partial charge is 0.358 e. The second-order valence-corrected chi connectivity index (χ2v) is 4.26. The van der Waals surface area contributed by atoms with Crippen LogP contribution in [0, 0.1) is 0 Å². The van der Waals surface area contributed by atoms with Crippen molar-refractivity contribution in [2.45, 2.75) is 26.8 Å². The lowest BCUT2D eigenvalue weighted by molar-refractivity contribution is -0.119. The number of hydrogen-bond donors (Lipinski definition) is 2. The van der Waals surface area contributed by atoms with Crippen LogP contribution in [0.2, 0.25) is 0 Å². The number of nitrogens with zero attached hydrogens (tertiary/aromatic N) is 3. The van der Waals surface area contributed by atoms with Crippen LogP contribution in [-0.2, 0) is 11.3 Å². The van der Waals surface area contributed by atoms with Gasteiger partial charge in [0.1, 0.15) is 0 Å². The SMILES string of the molecule is CCCNCc1cnc(N(CC)CC(=O)NC)nc1. The van der Waals surface area contributed by atoms with Gasteiger partial charge in [-0.2, -0.15) is 0 Å². The van der Waals surface area contributed by atoms with Crippen LogP contribution in [0.15, 0.2) is 12.4 Å². The molecular formula is C13H23N5O. The number of carbonyl (C=O) groups is 1. The van der Waals surface area contributed by atoms with Gasteiger partial charge in [0.15, 0.2) is 0 Å². The van der Waals surface area contributed by atoms with E-state index in [4.69, 9.17) is 0 Å². The minimum atomic E-state index is -0.0425. The van der Waals surface area contributed by atoms with Gasteiger partial charge >= 0.3 is 0 Å². The molecule has 0 aliphatic carbocycles.